The molecule has 21 heavy (non-hydrogen) atoms. The van der Waals surface area contributed by atoms with E-state index < -0.39 is 10.0 Å². The van der Waals surface area contributed by atoms with Crippen molar-refractivity contribution in [1.29, 1.82) is 0 Å². The minimum Gasteiger partial charge on any atom is -0.279 e. The first kappa shape index (κ1) is 14.5. The van der Waals surface area contributed by atoms with Crippen LogP contribution in [-0.2, 0) is 10.0 Å². The fraction of sp³-hybridized carbons (Fsp3) is 0. The van der Waals surface area contributed by atoms with E-state index >= 15 is 0 Å². The van der Waals surface area contributed by atoms with Crippen LogP contribution in [0.5, 0.6) is 0 Å². The van der Waals surface area contributed by atoms with Crippen LogP contribution < -0.4 is 4.72 Å². The predicted molar refractivity (Wildman–Crippen MR) is 84.7 cm³/mol. The molecule has 0 saturated heterocycles. The zero-order valence-electron chi connectivity index (χ0n) is 10.2. The fourth-order valence-electron chi connectivity index (χ4n) is 1.82. The Morgan fingerprint density at radius 1 is 1.10 bits per heavy atom. The molecule has 0 aliphatic rings. The summed E-state index contributed by atoms with van der Waals surface area (Å²) < 4.78 is 35.5. The van der Waals surface area contributed by atoms with Crippen molar-refractivity contribution in [3.8, 4) is 0 Å². The first-order valence-electron chi connectivity index (χ1n) is 5.66. The van der Waals surface area contributed by atoms with E-state index in [1.807, 2.05) is 0 Å². The lowest BCUT2D eigenvalue weighted by molar-refractivity contribution is 0.602. The molecule has 0 unspecified atom stereocenters. The van der Waals surface area contributed by atoms with Crippen LogP contribution >= 0.6 is 34.9 Å². The number of halogens is 2. The molecule has 9 heteroatoms. The Balaban J connectivity index is 2.12. The van der Waals surface area contributed by atoms with Gasteiger partial charge in [0.25, 0.3) is 10.0 Å². The standard InChI is InChI=1S/C12H7Cl2N3O2S2/c13-7-2-1-3-8(6-7)17-21(18,19)12-9(14)4-5-10-11(12)16-20-15-10/h1-6,17H. The Labute approximate surface area is 134 Å². The maximum atomic E-state index is 12.5. The van der Waals surface area contributed by atoms with Gasteiger partial charge in [0.15, 0.2) is 0 Å². The highest BCUT2D eigenvalue weighted by atomic mass is 35.5. The highest BCUT2D eigenvalue weighted by Gasteiger charge is 2.23. The first-order valence-corrected chi connectivity index (χ1v) is 8.63. The van der Waals surface area contributed by atoms with Crippen molar-refractivity contribution in [2.45, 2.75) is 4.90 Å². The number of hydrogen-bond donors (Lipinski definition) is 1. The Kier molecular flexibility index (Phi) is 3.75. The van der Waals surface area contributed by atoms with Crippen LogP contribution in [-0.4, -0.2) is 17.2 Å². The molecule has 0 saturated carbocycles. The number of anilines is 1. The van der Waals surface area contributed by atoms with Crippen LogP contribution in [0, 0.1) is 0 Å². The molecule has 108 valence electrons. The van der Waals surface area contributed by atoms with Gasteiger partial charge in [-0.05, 0) is 30.3 Å². The molecule has 0 spiro atoms. The number of aromatic nitrogens is 2. The lowest BCUT2D eigenvalue weighted by atomic mass is 10.3. The van der Waals surface area contributed by atoms with Crippen molar-refractivity contribution in [2.75, 3.05) is 4.72 Å². The third-order valence-corrected chi connectivity index (χ3v) is 5.34. The van der Waals surface area contributed by atoms with Gasteiger partial charge in [-0.1, -0.05) is 29.3 Å². The normalized spacial score (nSPS) is 11.7. The Hall–Kier alpha value is -1.41. The average molecular weight is 360 g/mol. The lowest BCUT2D eigenvalue weighted by Gasteiger charge is -2.10. The largest absolute Gasteiger partial charge is 0.279 e. The molecule has 1 aromatic heterocycles. The van der Waals surface area contributed by atoms with Crippen molar-refractivity contribution < 1.29 is 8.42 Å². The number of fused-ring (bicyclic) bond motifs is 1. The van der Waals surface area contributed by atoms with Gasteiger partial charge in [-0.25, -0.2) is 8.42 Å². The number of nitrogens with zero attached hydrogens (tertiary/aromatic N) is 2. The zero-order chi connectivity index (χ0) is 15.0. The van der Waals surface area contributed by atoms with E-state index in [2.05, 4.69) is 13.5 Å². The van der Waals surface area contributed by atoms with Gasteiger partial charge < -0.3 is 0 Å². The van der Waals surface area contributed by atoms with Gasteiger partial charge in [0, 0.05) is 5.02 Å². The third kappa shape index (κ3) is 2.82. The summed E-state index contributed by atoms with van der Waals surface area (Å²) in [5.74, 6) is 0. The number of nitrogens with one attached hydrogen (secondary N) is 1. The Morgan fingerprint density at radius 3 is 2.67 bits per heavy atom. The molecular weight excluding hydrogens is 353 g/mol. The van der Waals surface area contributed by atoms with Gasteiger partial charge in [0.05, 0.1) is 22.4 Å². The van der Waals surface area contributed by atoms with Crippen molar-refractivity contribution in [3.05, 3.63) is 46.4 Å². The summed E-state index contributed by atoms with van der Waals surface area (Å²) in [5, 5.41) is 0.513. The van der Waals surface area contributed by atoms with Crippen molar-refractivity contribution in [2.24, 2.45) is 0 Å². The second-order valence-electron chi connectivity index (χ2n) is 4.12. The average Bonchev–Trinajstić information content (AvgIpc) is 2.85. The molecule has 5 nitrogen and oxygen atoms in total. The molecule has 0 atom stereocenters. The van der Waals surface area contributed by atoms with E-state index in [1.165, 1.54) is 12.1 Å². The van der Waals surface area contributed by atoms with Crippen molar-refractivity contribution >= 4 is 61.7 Å². The van der Waals surface area contributed by atoms with Crippen LogP contribution in [0.15, 0.2) is 41.3 Å². The third-order valence-electron chi connectivity index (χ3n) is 2.68. The number of benzene rings is 2. The molecular formula is C12H7Cl2N3O2S2. The van der Waals surface area contributed by atoms with Gasteiger partial charge >= 0.3 is 0 Å². The van der Waals surface area contributed by atoms with E-state index in [0.717, 1.165) is 11.7 Å². The summed E-state index contributed by atoms with van der Waals surface area (Å²) in [6, 6.07) is 9.50. The molecule has 1 N–H and O–H groups in total. The monoisotopic (exact) mass is 359 g/mol. The SMILES string of the molecule is O=S(=O)(Nc1cccc(Cl)c1)c1c(Cl)ccc2nsnc12. The number of sulfonamides is 1. The number of rotatable bonds is 3. The van der Waals surface area contributed by atoms with E-state index in [0.29, 0.717) is 16.2 Å². The van der Waals surface area contributed by atoms with Crippen LogP contribution in [0.4, 0.5) is 5.69 Å². The van der Waals surface area contributed by atoms with Gasteiger partial charge in [0.2, 0.25) is 0 Å². The van der Waals surface area contributed by atoms with Crippen LogP contribution in [0.2, 0.25) is 10.0 Å². The minimum absolute atomic E-state index is 0.0876. The van der Waals surface area contributed by atoms with Crippen LogP contribution in [0.25, 0.3) is 11.0 Å². The molecule has 3 rings (SSSR count). The Morgan fingerprint density at radius 2 is 1.90 bits per heavy atom. The van der Waals surface area contributed by atoms with Crippen LogP contribution in [0.1, 0.15) is 0 Å². The van der Waals surface area contributed by atoms with E-state index in [1.54, 1.807) is 24.3 Å². The molecule has 2 aromatic carbocycles. The van der Waals surface area contributed by atoms with Crippen molar-refractivity contribution in [1.82, 2.24) is 8.75 Å². The summed E-state index contributed by atoms with van der Waals surface area (Å²) in [6.07, 6.45) is 0. The number of hydrogen-bond acceptors (Lipinski definition) is 5. The summed E-state index contributed by atoms with van der Waals surface area (Å²) in [6.45, 7) is 0. The van der Waals surface area contributed by atoms with E-state index in [9.17, 15) is 8.42 Å². The lowest BCUT2D eigenvalue weighted by Crippen LogP contribution is -2.14. The molecule has 0 fully saturated rings. The summed E-state index contributed by atoms with van der Waals surface area (Å²) >= 11 is 12.8. The predicted octanol–water partition coefficient (Wildman–Crippen LogP) is 3.80. The fourth-order valence-corrected chi connectivity index (χ4v) is 4.33. The molecule has 0 bridgehead atoms. The molecule has 3 aromatic rings. The van der Waals surface area contributed by atoms with E-state index in [4.69, 9.17) is 23.2 Å². The van der Waals surface area contributed by atoms with Gasteiger partial charge in [-0.15, -0.1) is 0 Å². The van der Waals surface area contributed by atoms with Crippen LogP contribution in [0.3, 0.4) is 0 Å². The minimum atomic E-state index is -3.89. The van der Waals surface area contributed by atoms with Crippen molar-refractivity contribution in [3.63, 3.8) is 0 Å². The maximum Gasteiger partial charge on any atom is 0.265 e. The first-order chi connectivity index (χ1) is 9.97. The summed E-state index contributed by atoms with van der Waals surface area (Å²) in [4.78, 5) is -0.0876. The topological polar surface area (TPSA) is 72.0 Å². The van der Waals surface area contributed by atoms with E-state index in [-0.39, 0.29) is 15.4 Å². The smallest absolute Gasteiger partial charge is 0.265 e. The summed E-state index contributed by atoms with van der Waals surface area (Å²) in [5.41, 5.74) is 1.08. The molecule has 0 aliphatic carbocycles. The quantitative estimate of drug-likeness (QED) is 0.771. The van der Waals surface area contributed by atoms with Gasteiger partial charge in [-0.2, -0.15) is 8.75 Å². The maximum absolute atomic E-state index is 12.5. The highest BCUT2D eigenvalue weighted by molar-refractivity contribution is 7.93. The molecule has 0 radical (unpaired) electrons. The van der Waals surface area contributed by atoms with Gasteiger partial charge in [-0.3, -0.25) is 4.72 Å². The van der Waals surface area contributed by atoms with Gasteiger partial charge in [0.1, 0.15) is 15.9 Å². The Bertz CT molecular complexity index is 925. The molecule has 0 aliphatic heterocycles. The highest BCUT2D eigenvalue weighted by Crippen LogP contribution is 2.30. The second-order valence-corrected chi connectivity index (χ2v) is 7.12. The molecule has 1 heterocycles. The molecule has 0 amide bonds. The zero-order valence-corrected chi connectivity index (χ0v) is 13.4. The second kappa shape index (κ2) is 5.42. The summed E-state index contributed by atoms with van der Waals surface area (Å²) in [7, 11) is -3.89.